The van der Waals surface area contributed by atoms with E-state index in [2.05, 4.69) is 54.3 Å². The van der Waals surface area contributed by atoms with Crippen molar-refractivity contribution in [2.24, 2.45) is 0 Å². The second-order valence-corrected chi connectivity index (χ2v) is 10.8. The molecule has 2 fully saturated rings. The van der Waals surface area contributed by atoms with Gasteiger partial charge in [0.05, 0.1) is 18.8 Å². The zero-order valence-electron chi connectivity index (χ0n) is 21.9. The average molecular weight is 522 g/mol. The number of fused-ring (bicyclic) bond motifs is 1. The van der Waals surface area contributed by atoms with E-state index in [1.807, 2.05) is 54.6 Å². The maximum absolute atomic E-state index is 14.4. The number of hydrogen-bond acceptors (Lipinski definition) is 5. The van der Waals surface area contributed by atoms with Crippen LogP contribution in [0.1, 0.15) is 40.4 Å². The summed E-state index contributed by atoms with van der Waals surface area (Å²) in [6.07, 6.45) is 9.45. The number of hydrogen-bond donors (Lipinski definition) is 0. The van der Waals surface area contributed by atoms with E-state index in [-0.39, 0.29) is 18.1 Å². The molecule has 7 rings (SSSR count). The zero-order chi connectivity index (χ0) is 26.5. The van der Waals surface area contributed by atoms with Crippen LogP contribution >= 0.6 is 0 Å². The number of benzene rings is 3. The Morgan fingerprint density at radius 2 is 1.38 bits per heavy atom. The predicted octanol–water partition coefficient (Wildman–Crippen LogP) is 5.26. The predicted molar refractivity (Wildman–Crippen MR) is 147 cm³/mol. The molecule has 198 valence electrons. The van der Waals surface area contributed by atoms with Gasteiger partial charge in [-0.2, -0.15) is 0 Å². The van der Waals surface area contributed by atoms with E-state index < -0.39 is 11.1 Å². The van der Waals surface area contributed by atoms with E-state index in [4.69, 9.17) is 18.9 Å². The van der Waals surface area contributed by atoms with Crippen LogP contribution in [0.5, 0.6) is 11.5 Å². The van der Waals surface area contributed by atoms with Crippen LogP contribution in [0.15, 0.2) is 97.1 Å². The molecule has 3 aromatic rings. The molecule has 0 bridgehead atoms. The highest BCUT2D eigenvalue weighted by Gasteiger charge is 2.57. The van der Waals surface area contributed by atoms with Gasteiger partial charge in [-0.3, -0.25) is 4.79 Å². The van der Waals surface area contributed by atoms with E-state index in [0.717, 1.165) is 53.4 Å². The summed E-state index contributed by atoms with van der Waals surface area (Å²) >= 11 is 0. The number of rotatable bonds is 9. The highest BCUT2D eigenvalue weighted by Crippen LogP contribution is 2.53. The molecule has 6 nitrogen and oxygen atoms in total. The third kappa shape index (κ3) is 4.24. The highest BCUT2D eigenvalue weighted by molar-refractivity contribution is 6.02. The Bertz CT molecular complexity index is 1380. The van der Waals surface area contributed by atoms with Gasteiger partial charge >= 0.3 is 0 Å². The summed E-state index contributed by atoms with van der Waals surface area (Å²) < 4.78 is 22.5. The maximum atomic E-state index is 14.4. The van der Waals surface area contributed by atoms with Gasteiger partial charge in [-0.1, -0.05) is 66.8 Å². The number of carbonyl (C=O) groups excluding carboxylic acids is 1. The summed E-state index contributed by atoms with van der Waals surface area (Å²) in [4.78, 5) is 16.4. The summed E-state index contributed by atoms with van der Waals surface area (Å²) in [6.45, 7) is 4.73. The molecular weight excluding hydrogens is 490 g/mol. The lowest BCUT2D eigenvalue weighted by atomic mass is 9.74. The van der Waals surface area contributed by atoms with Crippen LogP contribution in [0.25, 0.3) is 0 Å². The van der Waals surface area contributed by atoms with Gasteiger partial charge in [-0.25, -0.2) is 0 Å². The minimum Gasteiger partial charge on any atom is -0.491 e. The average Bonchev–Trinajstić information content (AvgIpc) is 3.91. The Morgan fingerprint density at radius 1 is 0.821 bits per heavy atom. The van der Waals surface area contributed by atoms with Gasteiger partial charge in [0, 0.05) is 5.56 Å². The third-order valence-electron chi connectivity index (χ3n) is 8.05. The lowest BCUT2D eigenvalue weighted by Gasteiger charge is -2.49. The number of epoxide rings is 2. The van der Waals surface area contributed by atoms with Crippen molar-refractivity contribution < 1.29 is 23.7 Å². The van der Waals surface area contributed by atoms with Gasteiger partial charge in [-0.05, 0) is 60.4 Å². The van der Waals surface area contributed by atoms with E-state index in [9.17, 15) is 4.79 Å². The molecule has 0 radical (unpaired) electrons. The molecule has 3 heterocycles. The molecule has 4 aliphatic rings. The summed E-state index contributed by atoms with van der Waals surface area (Å²) in [7, 11) is 0. The molecule has 0 N–H and O–H groups in total. The summed E-state index contributed by atoms with van der Waals surface area (Å²) in [5, 5.41) is 0. The molecule has 3 aromatic carbocycles. The van der Waals surface area contributed by atoms with Crippen molar-refractivity contribution in [3.8, 4) is 11.5 Å². The van der Waals surface area contributed by atoms with Gasteiger partial charge in [0.25, 0.3) is 5.91 Å². The van der Waals surface area contributed by atoms with Crippen molar-refractivity contribution in [3.63, 3.8) is 0 Å². The Balaban J connectivity index is 1.38. The van der Waals surface area contributed by atoms with Crippen LogP contribution in [0.4, 0.5) is 0 Å². The van der Waals surface area contributed by atoms with E-state index in [0.29, 0.717) is 13.2 Å². The number of ether oxygens (including phenoxy) is 4. The van der Waals surface area contributed by atoms with Gasteiger partial charge in [-0.15, -0.1) is 0 Å². The summed E-state index contributed by atoms with van der Waals surface area (Å²) in [5.41, 5.74) is 2.30. The van der Waals surface area contributed by atoms with Crippen molar-refractivity contribution >= 4 is 5.91 Å². The molecule has 0 saturated carbocycles. The van der Waals surface area contributed by atoms with Crippen molar-refractivity contribution in [2.75, 3.05) is 26.4 Å². The molecule has 2 saturated heterocycles. The molecule has 6 heteroatoms. The number of nitrogens with zero attached hydrogens (tertiary/aromatic N) is 1. The topological polar surface area (TPSA) is 63.8 Å². The first kappa shape index (κ1) is 24.2. The minimum atomic E-state index is -0.853. The second kappa shape index (κ2) is 9.40. The molecule has 3 atom stereocenters. The van der Waals surface area contributed by atoms with Crippen LogP contribution in [-0.2, 0) is 15.0 Å². The van der Waals surface area contributed by atoms with Crippen molar-refractivity contribution in [1.82, 2.24) is 4.90 Å². The van der Waals surface area contributed by atoms with Gasteiger partial charge in [0.15, 0.2) is 0 Å². The van der Waals surface area contributed by atoms with Crippen molar-refractivity contribution in [1.29, 1.82) is 0 Å². The van der Waals surface area contributed by atoms with E-state index in [1.165, 1.54) is 0 Å². The van der Waals surface area contributed by atoms with Crippen LogP contribution in [-0.4, -0.2) is 55.0 Å². The molecule has 0 spiro atoms. The number of amides is 1. The molecule has 3 aliphatic heterocycles. The van der Waals surface area contributed by atoms with Crippen LogP contribution in [0.2, 0.25) is 0 Å². The largest absolute Gasteiger partial charge is 0.491 e. The van der Waals surface area contributed by atoms with Crippen LogP contribution in [0.3, 0.4) is 0 Å². The fourth-order valence-corrected chi connectivity index (χ4v) is 5.90. The standard InChI is InChI=1S/C33H31NO5/c1-32(17-5-2-6-18-32)34-31(35)29-7-3-4-8-30(29)33(34,23-9-13-25(14-10-23)36-19-27-21-38-27)24-11-15-26(16-12-24)37-20-28-22-39-28/h2-17,27-28H,18-22H2,1H3. The van der Waals surface area contributed by atoms with E-state index in [1.54, 1.807) is 0 Å². The van der Waals surface area contributed by atoms with Crippen molar-refractivity contribution in [2.45, 2.75) is 36.6 Å². The van der Waals surface area contributed by atoms with Gasteiger partial charge in [0.1, 0.15) is 42.5 Å². The normalized spacial score (nSPS) is 28.3. The lowest BCUT2D eigenvalue weighted by molar-refractivity contribution is 0.0437. The first-order valence-electron chi connectivity index (χ1n) is 13.6. The summed E-state index contributed by atoms with van der Waals surface area (Å²) in [6, 6.07) is 24.3. The van der Waals surface area contributed by atoms with Crippen molar-refractivity contribution in [3.05, 3.63) is 119 Å². The first-order valence-corrected chi connectivity index (χ1v) is 13.6. The Kier molecular flexibility index (Phi) is 5.83. The fraction of sp³-hybridized carbons (Fsp3) is 0.303. The van der Waals surface area contributed by atoms with Crippen LogP contribution < -0.4 is 9.47 Å². The highest BCUT2D eigenvalue weighted by atomic mass is 16.6. The quantitative estimate of drug-likeness (QED) is 0.359. The minimum absolute atomic E-state index is 0.0190. The Labute approximate surface area is 228 Å². The van der Waals surface area contributed by atoms with Crippen LogP contribution in [0, 0.1) is 0 Å². The second-order valence-electron chi connectivity index (χ2n) is 10.8. The van der Waals surface area contributed by atoms with Gasteiger partial charge < -0.3 is 23.8 Å². The monoisotopic (exact) mass is 521 g/mol. The summed E-state index contributed by atoms with van der Waals surface area (Å²) in [5.74, 6) is 1.59. The Hall–Kier alpha value is -3.87. The SMILES string of the molecule is CC1(N2C(=O)c3ccccc3C2(c2ccc(OCC3CO3)cc2)c2ccc(OCC3CO3)cc2)C=CC=CC1. The molecule has 1 aliphatic carbocycles. The van der Waals surface area contributed by atoms with E-state index >= 15 is 0 Å². The molecule has 3 unspecified atom stereocenters. The van der Waals surface area contributed by atoms with Gasteiger partial charge in [0.2, 0.25) is 0 Å². The molecule has 1 amide bonds. The number of allylic oxidation sites excluding steroid dienone is 2. The molecular formula is C33H31NO5. The molecule has 39 heavy (non-hydrogen) atoms. The zero-order valence-corrected chi connectivity index (χ0v) is 21.9. The first-order chi connectivity index (χ1) is 19.1. The smallest absolute Gasteiger partial charge is 0.256 e. The maximum Gasteiger partial charge on any atom is 0.256 e. The number of carbonyl (C=O) groups is 1. The third-order valence-corrected chi connectivity index (χ3v) is 8.05. The Morgan fingerprint density at radius 3 is 1.90 bits per heavy atom. The lowest BCUT2D eigenvalue weighted by Crippen LogP contribution is -2.57. The fourth-order valence-electron chi connectivity index (χ4n) is 5.90. The molecule has 0 aromatic heterocycles.